The Bertz CT molecular complexity index is 774. The van der Waals surface area contributed by atoms with Crippen molar-refractivity contribution in [2.45, 2.75) is 13.3 Å². The minimum absolute atomic E-state index is 0.885. The summed E-state index contributed by atoms with van der Waals surface area (Å²) in [7, 11) is 4.12. The first kappa shape index (κ1) is 15.5. The van der Waals surface area contributed by atoms with Crippen LogP contribution < -0.4 is 5.32 Å². The molecule has 3 aromatic heterocycles. The first-order chi connectivity index (χ1) is 11.2. The zero-order chi connectivity index (χ0) is 16.2. The van der Waals surface area contributed by atoms with E-state index in [1.165, 1.54) is 10.9 Å². The molecule has 0 saturated carbocycles. The second-order valence-electron chi connectivity index (χ2n) is 5.95. The van der Waals surface area contributed by atoms with Crippen molar-refractivity contribution in [2.75, 3.05) is 32.5 Å². The Morgan fingerprint density at radius 1 is 1.13 bits per heavy atom. The van der Waals surface area contributed by atoms with Crippen molar-refractivity contribution >= 4 is 16.9 Å². The zero-order valence-electron chi connectivity index (χ0n) is 13.9. The molecule has 0 amide bonds. The van der Waals surface area contributed by atoms with Gasteiger partial charge in [-0.15, -0.1) is 0 Å². The number of nitrogens with one attached hydrogen (secondary N) is 2. The molecule has 3 rings (SSSR count). The number of nitrogens with zero attached hydrogens (tertiary/aromatic N) is 3. The van der Waals surface area contributed by atoms with Crippen molar-refractivity contribution in [2.24, 2.45) is 0 Å². The van der Waals surface area contributed by atoms with Crippen LogP contribution in [-0.4, -0.2) is 47.0 Å². The van der Waals surface area contributed by atoms with Crippen LogP contribution in [-0.2, 0) is 6.42 Å². The molecule has 0 aromatic carbocycles. The summed E-state index contributed by atoms with van der Waals surface area (Å²) < 4.78 is 0. The van der Waals surface area contributed by atoms with Gasteiger partial charge in [-0.2, -0.15) is 0 Å². The third-order valence-electron chi connectivity index (χ3n) is 3.96. The second kappa shape index (κ2) is 6.79. The highest BCUT2D eigenvalue weighted by molar-refractivity contribution is 5.84. The smallest absolute Gasteiger partial charge is 0.137 e. The summed E-state index contributed by atoms with van der Waals surface area (Å²) in [6.07, 6.45) is 6.84. The molecular formula is C18H23N5. The lowest BCUT2D eigenvalue weighted by Gasteiger charge is -2.11. The maximum Gasteiger partial charge on any atom is 0.137 e. The number of rotatable bonds is 6. The van der Waals surface area contributed by atoms with E-state index < -0.39 is 0 Å². The minimum Gasteiger partial charge on any atom is -0.369 e. The van der Waals surface area contributed by atoms with E-state index in [-0.39, 0.29) is 0 Å². The molecule has 23 heavy (non-hydrogen) atoms. The van der Waals surface area contributed by atoms with Gasteiger partial charge in [0.05, 0.1) is 0 Å². The number of likely N-dealkylation sites (N-methyl/N-ethyl adjacent to an activating group) is 1. The molecule has 0 aliphatic rings. The summed E-state index contributed by atoms with van der Waals surface area (Å²) in [6, 6.07) is 6.30. The van der Waals surface area contributed by atoms with Crippen molar-refractivity contribution in [3.05, 3.63) is 42.4 Å². The van der Waals surface area contributed by atoms with Gasteiger partial charge in [-0.05, 0) is 44.3 Å². The average Bonchev–Trinajstić information content (AvgIpc) is 2.97. The highest BCUT2D eigenvalue weighted by atomic mass is 15.1. The van der Waals surface area contributed by atoms with E-state index in [2.05, 4.69) is 58.3 Å². The van der Waals surface area contributed by atoms with Crippen LogP contribution in [0.15, 0.2) is 36.8 Å². The molecule has 120 valence electrons. The molecule has 0 atom stereocenters. The molecule has 0 aliphatic heterocycles. The van der Waals surface area contributed by atoms with Crippen molar-refractivity contribution in [3.8, 4) is 11.1 Å². The normalized spacial score (nSPS) is 11.3. The lowest BCUT2D eigenvalue weighted by atomic mass is 10.1. The lowest BCUT2D eigenvalue weighted by Crippen LogP contribution is -2.21. The Morgan fingerprint density at radius 2 is 1.96 bits per heavy atom. The van der Waals surface area contributed by atoms with E-state index in [1.807, 2.05) is 24.7 Å². The number of fused-ring (bicyclic) bond motifs is 1. The van der Waals surface area contributed by atoms with Gasteiger partial charge in [0.15, 0.2) is 0 Å². The summed E-state index contributed by atoms with van der Waals surface area (Å²) in [5.41, 5.74) is 4.42. The van der Waals surface area contributed by atoms with Crippen LogP contribution in [0, 0.1) is 0 Å². The van der Waals surface area contributed by atoms with E-state index in [4.69, 9.17) is 0 Å². The molecule has 0 fully saturated rings. The third kappa shape index (κ3) is 3.51. The fourth-order valence-corrected chi connectivity index (χ4v) is 2.58. The first-order valence-electron chi connectivity index (χ1n) is 7.98. The molecule has 2 N–H and O–H groups in total. The largest absolute Gasteiger partial charge is 0.369 e. The number of aryl methyl sites for hydroxylation is 1. The van der Waals surface area contributed by atoms with Crippen LogP contribution in [0.5, 0.6) is 0 Å². The molecule has 5 nitrogen and oxygen atoms in total. The maximum atomic E-state index is 4.51. The molecule has 3 heterocycles. The van der Waals surface area contributed by atoms with Crippen molar-refractivity contribution in [1.29, 1.82) is 0 Å². The summed E-state index contributed by atoms with van der Waals surface area (Å²) >= 11 is 0. The molecule has 5 heteroatoms. The molecule has 3 aromatic rings. The molecule has 0 saturated heterocycles. The molecule has 0 aliphatic carbocycles. The van der Waals surface area contributed by atoms with Gasteiger partial charge >= 0.3 is 0 Å². The summed E-state index contributed by atoms with van der Waals surface area (Å²) in [4.78, 5) is 14.4. The van der Waals surface area contributed by atoms with Crippen LogP contribution in [0.2, 0.25) is 0 Å². The van der Waals surface area contributed by atoms with Gasteiger partial charge in [-0.25, -0.2) is 9.97 Å². The number of H-pyrrole nitrogens is 1. The predicted molar refractivity (Wildman–Crippen MR) is 95.7 cm³/mol. The summed E-state index contributed by atoms with van der Waals surface area (Å²) in [5, 5.41) is 4.52. The number of aromatic amines is 1. The van der Waals surface area contributed by atoms with Crippen LogP contribution >= 0.6 is 0 Å². The third-order valence-corrected chi connectivity index (χ3v) is 3.96. The number of hydrogen-bond donors (Lipinski definition) is 2. The Labute approximate surface area is 136 Å². The molecule has 0 unspecified atom stereocenters. The quantitative estimate of drug-likeness (QED) is 0.734. The van der Waals surface area contributed by atoms with Gasteiger partial charge in [-0.3, -0.25) is 0 Å². The van der Waals surface area contributed by atoms with Crippen molar-refractivity contribution < 1.29 is 0 Å². The predicted octanol–water partition coefficient (Wildman–Crippen LogP) is 3.16. The van der Waals surface area contributed by atoms with Gasteiger partial charge in [0.2, 0.25) is 0 Å². The topological polar surface area (TPSA) is 56.8 Å². The van der Waals surface area contributed by atoms with Gasteiger partial charge < -0.3 is 15.2 Å². The van der Waals surface area contributed by atoms with E-state index >= 15 is 0 Å². The number of pyridine rings is 2. The standard InChI is InChI=1S/C18H23N5/c1-4-13-10-21-18-16(13)9-15(12-22-18)14-5-6-17(20-11-14)19-7-8-23(2)3/h5-6,9-12H,4,7-8H2,1-3H3,(H,19,20)(H,21,22). The second-order valence-corrected chi connectivity index (χ2v) is 5.95. The highest BCUT2D eigenvalue weighted by Gasteiger charge is 2.06. The van der Waals surface area contributed by atoms with Crippen molar-refractivity contribution in [1.82, 2.24) is 19.9 Å². The summed E-state index contributed by atoms with van der Waals surface area (Å²) in [6.45, 7) is 4.03. The maximum absolute atomic E-state index is 4.51. The van der Waals surface area contributed by atoms with Gasteiger partial charge in [0.1, 0.15) is 11.5 Å². The zero-order valence-corrected chi connectivity index (χ0v) is 13.9. The number of aromatic nitrogens is 3. The Morgan fingerprint density at radius 3 is 2.65 bits per heavy atom. The fraction of sp³-hybridized carbons (Fsp3) is 0.333. The van der Waals surface area contributed by atoms with Crippen molar-refractivity contribution in [3.63, 3.8) is 0 Å². The van der Waals surface area contributed by atoms with E-state index in [0.29, 0.717) is 0 Å². The first-order valence-corrected chi connectivity index (χ1v) is 7.98. The Balaban J connectivity index is 1.78. The van der Waals surface area contributed by atoms with Crippen LogP contribution in [0.3, 0.4) is 0 Å². The SMILES string of the molecule is CCc1c[nH]c2ncc(-c3ccc(NCCN(C)C)nc3)cc12. The Hall–Kier alpha value is -2.40. The van der Waals surface area contributed by atoms with E-state index in [0.717, 1.165) is 42.1 Å². The van der Waals surface area contributed by atoms with E-state index in [9.17, 15) is 0 Å². The van der Waals surface area contributed by atoms with E-state index in [1.54, 1.807) is 0 Å². The summed E-state index contributed by atoms with van der Waals surface area (Å²) in [5.74, 6) is 0.903. The minimum atomic E-state index is 0.885. The monoisotopic (exact) mass is 309 g/mol. The van der Waals surface area contributed by atoms with Crippen LogP contribution in [0.1, 0.15) is 12.5 Å². The number of hydrogen-bond acceptors (Lipinski definition) is 4. The Kier molecular flexibility index (Phi) is 4.57. The lowest BCUT2D eigenvalue weighted by molar-refractivity contribution is 0.425. The van der Waals surface area contributed by atoms with Gasteiger partial charge in [-0.1, -0.05) is 6.92 Å². The number of anilines is 1. The highest BCUT2D eigenvalue weighted by Crippen LogP contribution is 2.25. The fourth-order valence-electron chi connectivity index (χ4n) is 2.58. The van der Waals surface area contributed by atoms with Crippen LogP contribution in [0.4, 0.5) is 5.82 Å². The van der Waals surface area contributed by atoms with Gasteiger partial charge in [0, 0.05) is 48.2 Å². The molecule has 0 spiro atoms. The molecule has 0 radical (unpaired) electrons. The average molecular weight is 309 g/mol. The van der Waals surface area contributed by atoms with Gasteiger partial charge in [0.25, 0.3) is 0 Å². The van der Waals surface area contributed by atoms with Crippen LogP contribution in [0.25, 0.3) is 22.2 Å². The molecule has 0 bridgehead atoms. The molecular weight excluding hydrogens is 286 g/mol.